The Bertz CT molecular complexity index is 725. The lowest BCUT2D eigenvalue weighted by atomic mass is 10.1. The Balaban J connectivity index is 1.85. The minimum atomic E-state index is -0.153. The predicted molar refractivity (Wildman–Crippen MR) is 85.4 cm³/mol. The molecule has 0 aliphatic carbocycles. The van der Waals surface area contributed by atoms with Crippen LogP contribution < -0.4 is 5.32 Å². The highest BCUT2D eigenvalue weighted by Crippen LogP contribution is 2.28. The first-order valence-electron chi connectivity index (χ1n) is 6.51. The molecular formula is C16H14N2O2S. The third kappa shape index (κ3) is 3.25. The first kappa shape index (κ1) is 13.7. The Morgan fingerprint density at radius 2 is 2.00 bits per heavy atom. The monoisotopic (exact) mass is 298 g/mol. The van der Waals surface area contributed by atoms with Gasteiger partial charge in [-0.15, -0.1) is 0 Å². The Kier molecular flexibility index (Phi) is 3.66. The van der Waals surface area contributed by atoms with Crippen LogP contribution in [0.4, 0.5) is 5.69 Å². The number of rotatable bonds is 2. The average molecular weight is 298 g/mol. The molecule has 1 fully saturated rings. The number of nitrogens with zero attached hydrogens (tertiary/aromatic N) is 1. The summed E-state index contributed by atoms with van der Waals surface area (Å²) in [6.45, 7) is 4.05. The molecule has 5 heteroatoms. The summed E-state index contributed by atoms with van der Waals surface area (Å²) in [7, 11) is 0. The molecule has 1 saturated heterocycles. The van der Waals surface area contributed by atoms with Gasteiger partial charge in [0.05, 0.1) is 16.9 Å². The van der Waals surface area contributed by atoms with E-state index in [2.05, 4.69) is 16.4 Å². The highest BCUT2D eigenvalue weighted by atomic mass is 32.2. The molecule has 3 rings (SSSR count). The van der Waals surface area contributed by atoms with Crippen LogP contribution in [0.5, 0.6) is 0 Å². The second-order valence-electron chi connectivity index (χ2n) is 4.84. The van der Waals surface area contributed by atoms with E-state index in [0.29, 0.717) is 15.8 Å². The second-order valence-corrected chi connectivity index (χ2v) is 5.87. The normalized spacial score (nSPS) is 18.5. The molecule has 21 heavy (non-hydrogen) atoms. The zero-order chi connectivity index (χ0) is 14.8. The smallest absolute Gasteiger partial charge is 0.264 e. The van der Waals surface area contributed by atoms with Crippen molar-refractivity contribution in [3.8, 4) is 0 Å². The van der Waals surface area contributed by atoms with Crippen molar-refractivity contribution in [2.24, 2.45) is 4.99 Å². The Hall–Kier alpha value is -2.27. The molecule has 0 saturated carbocycles. The number of hydrogen-bond donors (Lipinski definition) is 1. The van der Waals surface area contributed by atoms with Crippen LogP contribution in [-0.2, 0) is 4.79 Å². The first-order valence-corrected chi connectivity index (χ1v) is 7.33. The number of thioether (sulfide) groups is 1. The van der Waals surface area contributed by atoms with Gasteiger partial charge in [0.2, 0.25) is 0 Å². The van der Waals surface area contributed by atoms with Gasteiger partial charge in [0.15, 0.2) is 5.17 Å². The molecule has 1 aromatic heterocycles. The molecular weight excluding hydrogens is 284 g/mol. The van der Waals surface area contributed by atoms with E-state index in [0.717, 1.165) is 16.8 Å². The minimum Gasteiger partial charge on any atom is -0.465 e. The molecule has 2 heterocycles. The van der Waals surface area contributed by atoms with Crippen LogP contribution >= 0.6 is 11.8 Å². The zero-order valence-corrected chi connectivity index (χ0v) is 12.5. The highest BCUT2D eigenvalue weighted by molar-refractivity contribution is 8.18. The number of aliphatic imine (C=N–C) groups is 1. The molecule has 0 atom stereocenters. The molecule has 1 aromatic carbocycles. The summed E-state index contributed by atoms with van der Waals surface area (Å²) >= 11 is 1.31. The van der Waals surface area contributed by atoms with E-state index in [4.69, 9.17) is 4.42 Å². The first-order chi connectivity index (χ1) is 10.1. The molecule has 106 valence electrons. The lowest BCUT2D eigenvalue weighted by Crippen LogP contribution is -2.19. The van der Waals surface area contributed by atoms with Gasteiger partial charge in [-0.25, -0.2) is 4.99 Å². The number of aryl methyl sites for hydroxylation is 2. The van der Waals surface area contributed by atoms with Crippen LogP contribution in [0, 0.1) is 13.8 Å². The lowest BCUT2D eigenvalue weighted by molar-refractivity contribution is -0.115. The molecule has 1 aliphatic rings. The molecule has 0 unspecified atom stereocenters. The summed E-state index contributed by atoms with van der Waals surface area (Å²) < 4.78 is 5.22. The topological polar surface area (TPSA) is 54.6 Å². The summed E-state index contributed by atoms with van der Waals surface area (Å²) in [4.78, 5) is 17.0. The van der Waals surface area contributed by atoms with Crippen molar-refractivity contribution in [1.29, 1.82) is 0 Å². The van der Waals surface area contributed by atoms with Gasteiger partial charge in [-0.2, -0.15) is 0 Å². The number of carbonyl (C=O) groups is 1. The minimum absolute atomic E-state index is 0.153. The van der Waals surface area contributed by atoms with E-state index < -0.39 is 0 Å². The van der Waals surface area contributed by atoms with Crippen molar-refractivity contribution in [2.45, 2.75) is 13.8 Å². The summed E-state index contributed by atoms with van der Waals surface area (Å²) in [6, 6.07) is 9.66. The summed E-state index contributed by atoms with van der Waals surface area (Å²) in [6.07, 6.45) is 3.29. The van der Waals surface area contributed by atoms with Gasteiger partial charge < -0.3 is 9.73 Å². The largest absolute Gasteiger partial charge is 0.465 e. The van der Waals surface area contributed by atoms with E-state index in [9.17, 15) is 4.79 Å². The molecule has 1 amide bonds. The Morgan fingerprint density at radius 3 is 2.67 bits per heavy atom. The van der Waals surface area contributed by atoms with Gasteiger partial charge in [-0.05, 0) is 61.0 Å². The standard InChI is InChI=1S/C16H14N2O2S/c1-10-6-11(2)8-12(7-10)17-16-18-15(19)14(21-16)9-13-4-3-5-20-13/h3-9H,1-2H3,(H,17,18,19)/b14-9-. The van der Waals surface area contributed by atoms with Gasteiger partial charge in [0.1, 0.15) is 5.76 Å². The van der Waals surface area contributed by atoms with Crippen molar-refractivity contribution in [2.75, 3.05) is 0 Å². The second kappa shape index (κ2) is 5.61. The number of hydrogen-bond acceptors (Lipinski definition) is 4. The average Bonchev–Trinajstić information content (AvgIpc) is 3.00. The van der Waals surface area contributed by atoms with Crippen LogP contribution in [-0.4, -0.2) is 11.1 Å². The van der Waals surface area contributed by atoms with Crippen molar-refractivity contribution in [3.05, 3.63) is 58.4 Å². The highest BCUT2D eigenvalue weighted by Gasteiger charge is 2.24. The molecule has 0 spiro atoms. The van der Waals surface area contributed by atoms with Gasteiger partial charge in [0, 0.05) is 6.08 Å². The summed E-state index contributed by atoms with van der Waals surface area (Å²) in [5.74, 6) is 0.500. The van der Waals surface area contributed by atoms with Crippen LogP contribution in [0.25, 0.3) is 6.08 Å². The van der Waals surface area contributed by atoms with Gasteiger partial charge in [-0.3, -0.25) is 4.79 Å². The number of furan rings is 1. The predicted octanol–water partition coefficient (Wildman–Crippen LogP) is 3.79. The summed E-state index contributed by atoms with van der Waals surface area (Å²) in [5, 5.41) is 3.35. The third-order valence-corrected chi connectivity index (χ3v) is 3.81. The van der Waals surface area contributed by atoms with Crippen LogP contribution in [0.3, 0.4) is 0 Å². The molecule has 0 bridgehead atoms. The van der Waals surface area contributed by atoms with Gasteiger partial charge in [-0.1, -0.05) is 6.07 Å². The quantitative estimate of drug-likeness (QED) is 0.858. The maximum absolute atomic E-state index is 11.9. The molecule has 0 radical (unpaired) electrons. The van der Waals surface area contributed by atoms with Crippen LogP contribution in [0.2, 0.25) is 0 Å². The lowest BCUT2D eigenvalue weighted by Gasteiger charge is -2.00. The molecule has 1 N–H and O–H groups in total. The van der Waals surface area contributed by atoms with E-state index in [1.54, 1.807) is 24.5 Å². The van der Waals surface area contributed by atoms with E-state index in [-0.39, 0.29) is 5.91 Å². The fraction of sp³-hybridized carbons (Fsp3) is 0.125. The van der Waals surface area contributed by atoms with E-state index >= 15 is 0 Å². The van der Waals surface area contributed by atoms with Crippen molar-refractivity contribution >= 4 is 34.6 Å². The number of amides is 1. The molecule has 1 aliphatic heterocycles. The Morgan fingerprint density at radius 1 is 1.24 bits per heavy atom. The fourth-order valence-electron chi connectivity index (χ4n) is 2.12. The molecule has 4 nitrogen and oxygen atoms in total. The SMILES string of the molecule is Cc1cc(C)cc(N=C2NC(=O)/C(=C/c3ccco3)S2)c1. The number of amidine groups is 1. The summed E-state index contributed by atoms with van der Waals surface area (Å²) in [5.41, 5.74) is 3.14. The van der Waals surface area contributed by atoms with Gasteiger partial charge >= 0.3 is 0 Å². The van der Waals surface area contributed by atoms with E-state index in [1.807, 2.05) is 26.0 Å². The van der Waals surface area contributed by atoms with Crippen molar-refractivity contribution < 1.29 is 9.21 Å². The van der Waals surface area contributed by atoms with Crippen molar-refractivity contribution in [1.82, 2.24) is 5.32 Å². The number of carbonyl (C=O) groups excluding carboxylic acids is 1. The maximum atomic E-state index is 11.9. The number of nitrogens with one attached hydrogen (secondary N) is 1. The fourth-order valence-corrected chi connectivity index (χ4v) is 2.94. The van der Waals surface area contributed by atoms with Crippen LogP contribution in [0.1, 0.15) is 16.9 Å². The Labute approximate surface area is 127 Å². The van der Waals surface area contributed by atoms with Crippen LogP contribution in [0.15, 0.2) is 50.9 Å². The van der Waals surface area contributed by atoms with Gasteiger partial charge in [0.25, 0.3) is 5.91 Å². The van der Waals surface area contributed by atoms with Crippen molar-refractivity contribution in [3.63, 3.8) is 0 Å². The maximum Gasteiger partial charge on any atom is 0.264 e. The van der Waals surface area contributed by atoms with E-state index in [1.165, 1.54) is 11.8 Å². The number of benzene rings is 1. The molecule has 2 aromatic rings. The third-order valence-electron chi connectivity index (χ3n) is 2.90. The zero-order valence-electron chi connectivity index (χ0n) is 11.7.